The van der Waals surface area contributed by atoms with E-state index >= 15 is 0 Å². The summed E-state index contributed by atoms with van der Waals surface area (Å²) in [5, 5.41) is 2.69. The Bertz CT molecular complexity index is 702. The van der Waals surface area contributed by atoms with Crippen molar-refractivity contribution in [2.75, 3.05) is 27.3 Å². The lowest BCUT2D eigenvalue weighted by Crippen LogP contribution is -2.34. The Balaban J connectivity index is 1.65. The molecule has 2 aromatic carbocycles. The van der Waals surface area contributed by atoms with Crippen LogP contribution in [0.25, 0.3) is 0 Å². The van der Waals surface area contributed by atoms with E-state index < -0.39 is 0 Å². The second-order valence-electron chi connectivity index (χ2n) is 5.79. The number of methoxy groups -OCH3 is 1. The topological polar surface area (TPSA) is 67.9 Å². The lowest BCUT2D eigenvalue weighted by molar-refractivity contribution is -0.135. The van der Waals surface area contributed by atoms with E-state index in [1.54, 1.807) is 43.3 Å². The van der Waals surface area contributed by atoms with Crippen LogP contribution >= 0.6 is 0 Å². The monoisotopic (exact) mass is 356 g/mol. The second-order valence-corrected chi connectivity index (χ2v) is 5.79. The molecule has 138 valence electrons. The molecule has 0 atom stereocenters. The zero-order valence-corrected chi connectivity index (χ0v) is 15.1. The van der Waals surface area contributed by atoms with Crippen LogP contribution in [-0.2, 0) is 16.1 Å². The maximum Gasteiger partial charge on any atom is 0.232 e. The van der Waals surface area contributed by atoms with E-state index in [4.69, 9.17) is 9.47 Å². The van der Waals surface area contributed by atoms with Crippen LogP contribution in [0.15, 0.2) is 54.6 Å². The molecule has 0 aliphatic rings. The number of amides is 2. The highest BCUT2D eigenvalue weighted by molar-refractivity contribution is 5.96. The average molecular weight is 356 g/mol. The fourth-order valence-electron chi connectivity index (χ4n) is 2.31. The molecule has 2 amide bonds. The summed E-state index contributed by atoms with van der Waals surface area (Å²) in [7, 11) is 3.29. The molecule has 0 fully saturated rings. The van der Waals surface area contributed by atoms with Crippen molar-refractivity contribution in [3.63, 3.8) is 0 Å². The maximum absolute atomic E-state index is 12.1. The predicted octanol–water partition coefficient (Wildman–Crippen LogP) is 2.24. The molecule has 0 heterocycles. The molecule has 0 spiro atoms. The van der Waals surface area contributed by atoms with Crippen molar-refractivity contribution in [1.82, 2.24) is 10.2 Å². The number of rotatable bonds is 9. The minimum absolute atomic E-state index is 0.175. The van der Waals surface area contributed by atoms with Crippen molar-refractivity contribution >= 4 is 11.8 Å². The van der Waals surface area contributed by atoms with E-state index in [-0.39, 0.29) is 18.2 Å². The number of hydrogen-bond donors (Lipinski definition) is 1. The second kappa shape index (κ2) is 10.1. The van der Waals surface area contributed by atoms with E-state index in [2.05, 4.69) is 5.32 Å². The van der Waals surface area contributed by atoms with Crippen LogP contribution in [0.2, 0.25) is 0 Å². The van der Waals surface area contributed by atoms with Crippen molar-refractivity contribution in [2.24, 2.45) is 0 Å². The molecule has 0 aliphatic heterocycles. The van der Waals surface area contributed by atoms with Gasteiger partial charge in [-0.05, 0) is 29.8 Å². The number of hydrogen-bond acceptors (Lipinski definition) is 4. The Morgan fingerprint density at radius 3 is 2.31 bits per heavy atom. The minimum atomic E-state index is -0.312. The number of nitrogens with zero attached hydrogens (tertiary/aromatic N) is 1. The summed E-state index contributed by atoms with van der Waals surface area (Å²) in [6.07, 6.45) is -0.175. The quantitative estimate of drug-likeness (QED) is 0.553. The summed E-state index contributed by atoms with van der Waals surface area (Å²) in [6.45, 7) is 1.14. The third kappa shape index (κ3) is 6.47. The first-order valence-electron chi connectivity index (χ1n) is 8.40. The normalized spacial score (nSPS) is 10.1. The molecule has 1 N–H and O–H groups in total. The fraction of sp³-hybridized carbons (Fsp3) is 0.300. The first-order valence-corrected chi connectivity index (χ1v) is 8.40. The van der Waals surface area contributed by atoms with Crippen LogP contribution in [0.3, 0.4) is 0 Å². The third-order valence-electron chi connectivity index (χ3n) is 3.75. The Labute approximate surface area is 153 Å². The lowest BCUT2D eigenvalue weighted by Gasteiger charge is -2.17. The van der Waals surface area contributed by atoms with Gasteiger partial charge in [-0.2, -0.15) is 0 Å². The number of carbonyl (C=O) groups is 2. The van der Waals surface area contributed by atoms with Crippen molar-refractivity contribution in [1.29, 1.82) is 0 Å². The SMILES string of the molecule is COc1ccc(OCCNC(=O)CC(=O)N(C)Cc2ccccc2)cc1. The van der Waals surface area contributed by atoms with Crippen LogP contribution in [0.5, 0.6) is 11.5 Å². The minimum Gasteiger partial charge on any atom is -0.497 e. The molecular formula is C20H24N2O4. The molecular weight excluding hydrogens is 332 g/mol. The van der Waals surface area contributed by atoms with Gasteiger partial charge in [0.05, 0.1) is 13.7 Å². The Kier molecular flexibility index (Phi) is 7.49. The molecule has 0 radical (unpaired) electrons. The summed E-state index contributed by atoms with van der Waals surface area (Å²) < 4.78 is 10.6. The van der Waals surface area contributed by atoms with Crippen molar-refractivity contribution in [3.05, 3.63) is 60.2 Å². The number of carbonyl (C=O) groups excluding carboxylic acids is 2. The molecule has 0 bridgehead atoms. The summed E-state index contributed by atoms with van der Waals surface area (Å²) in [6, 6.07) is 16.8. The van der Waals surface area contributed by atoms with Gasteiger partial charge in [0.2, 0.25) is 11.8 Å². The zero-order chi connectivity index (χ0) is 18.8. The summed E-state index contributed by atoms with van der Waals surface area (Å²) in [5.74, 6) is 0.915. The van der Waals surface area contributed by atoms with E-state index in [1.807, 2.05) is 30.3 Å². The largest absolute Gasteiger partial charge is 0.497 e. The summed E-state index contributed by atoms with van der Waals surface area (Å²) >= 11 is 0. The van der Waals surface area contributed by atoms with Gasteiger partial charge < -0.3 is 19.7 Å². The van der Waals surface area contributed by atoms with Crippen LogP contribution in [0.4, 0.5) is 0 Å². The molecule has 0 saturated carbocycles. The van der Waals surface area contributed by atoms with E-state index in [0.29, 0.717) is 25.4 Å². The van der Waals surface area contributed by atoms with Gasteiger partial charge in [0.25, 0.3) is 0 Å². The molecule has 6 nitrogen and oxygen atoms in total. The molecule has 26 heavy (non-hydrogen) atoms. The molecule has 2 rings (SSSR count). The highest BCUT2D eigenvalue weighted by Gasteiger charge is 2.13. The van der Waals surface area contributed by atoms with Gasteiger partial charge in [-0.3, -0.25) is 9.59 Å². The zero-order valence-electron chi connectivity index (χ0n) is 15.1. The standard InChI is InChI=1S/C20H24N2O4/c1-22(15-16-6-4-3-5-7-16)20(24)14-19(23)21-12-13-26-18-10-8-17(25-2)9-11-18/h3-11H,12-15H2,1-2H3,(H,21,23). The first-order chi connectivity index (χ1) is 12.6. The van der Waals surface area contributed by atoms with E-state index in [9.17, 15) is 9.59 Å². The maximum atomic E-state index is 12.1. The number of ether oxygens (including phenoxy) is 2. The van der Waals surface area contributed by atoms with Crippen molar-refractivity contribution < 1.29 is 19.1 Å². The molecule has 2 aromatic rings. The van der Waals surface area contributed by atoms with Gasteiger partial charge in [-0.15, -0.1) is 0 Å². The fourth-order valence-corrected chi connectivity index (χ4v) is 2.31. The molecule has 0 aromatic heterocycles. The van der Waals surface area contributed by atoms with Crippen LogP contribution in [0, 0.1) is 0 Å². The highest BCUT2D eigenvalue weighted by Crippen LogP contribution is 2.16. The summed E-state index contributed by atoms with van der Waals surface area (Å²) in [5.41, 5.74) is 1.02. The van der Waals surface area contributed by atoms with E-state index in [0.717, 1.165) is 11.3 Å². The molecule has 0 aliphatic carbocycles. The Hall–Kier alpha value is -3.02. The summed E-state index contributed by atoms with van der Waals surface area (Å²) in [4.78, 5) is 25.5. The van der Waals surface area contributed by atoms with Gasteiger partial charge >= 0.3 is 0 Å². The van der Waals surface area contributed by atoms with Gasteiger partial charge in [-0.25, -0.2) is 0 Å². The van der Waals surface area contributed by atoms with Crippen LogP contribution in [-0.4, -0.2) is 44.0 Å². The first kappa shape index (κ1) is 19.3. The Morgan fingerprint density at radius 1 is 1.00 bits per heavy atom. The predicted molar refractivity (Wildman–Crippen MR) is 99.0 cm³/mol. The third-order valence-corrected chi connectivity index (χ3v) is 3.75. The number of benzene rings is 2. The van der Waals surface area contributed by atoms with Gasteiger partial charge in [0.15, 0.2) is 0 Å². The van der Waals surface area contributed by atoms with Crippen molar-refractivity contribution in [2.45, 2.75) is 13.0 Å². The van der Waals surface area contributed by atoms with Gasteiger partial charge in [0.1, 0.15) is 24.5 Å². The van der Waals surface area contributed by atoms with Gasteiger partial charge in [0, 0.05) is 13.6 Å². The van der Waals surface area contributed by atoms with Crippen molar-refractivity contribution in [3.8, 4) is 11.5 Å². The average Bonchev–Trinajstić information content (AvgIpc) is 2.66. The highest BCUT2D eigenvalue weighted by atomic mass is 16.5. The van der Waals surface area contributed by atoms with Crippen LogP contribution in [0.1, 0.15) is 12.0 Å². The molecule has 0 saturated heterocycles. The number of nitrogens with one attached hydrogen (secondary N) is 1. The van der Waals surface area contributed by atoms with E-state index in [1.165, 1.54) is 0 Å². The Morgan fingerprint density at radius 2 is 1.65 bits per heavy atom. The van der Waals surface area contributed by atoms with Crippen LogP contribution < -0.4 is 14.8 Å². The molecule has 0 unspecified atom stereocenters. The lowest BCUT2D eigenvalue weighted by atomic mass is 10.2. The van der Waals surface area contributed by atoms with Gasteiger partial charge in [-0.1, -0.05) is 30.3 Å². The molecule has 6 heteroatoms. The smallest absolute Gasteiger partial charge is 0.232 e.